The molecule has 0 aliphatic rings. The number of aliphatic hydroxyl groups excluding tert-OH is 1. The van der Waals surface area contributed by atoms with Crippen LogP contribution < -0.4 is 15.6 Å². The predicted octanol–water partition coefficient (Wildman–Crippen LogP) is 2.37. The molecule has 2 heterocycles. The van der Waals surface area contributed by atoms with Gasteiger partial charge in [0, 0.05) is 22.8 Å². The molecule has 3 N–H and O–H groups in total. The van der Waals surface area contributed by atoms with Crippen LogP contribution >= 0.6 is 0 Å². The van der Waals surface area contributed by atoms with E-state index in [1.165, 1.54) is 6.20 Å². The van der Waals surface area contributed by atoms with Gasteiger partial charge in [-0.25, -0.2) is 0 Å². The summed E-state index contributed by atoms with van der Waals surface area (Å²) in [6.07, 6.45) is 1.53. The Morgan fingerprint density at radius 2 is 2.08 bits per heavy atom. The van der Waals surface area contributed by atoms with Gasteiger partial charge in [-0.3, -0.25) is 15.2 Å². The van der Waals surface area contributed by atoms with Gasteiger partial charge in [-0.1, -0.05) is 0 Å². The lowest BCUT2D eigenvalue weighted by Gasteiger charge is -2.09. The summed E-state index contributed by atoms with van der Waals surface area (Å²) in [4.78, 5) is 16.6. The zero-order chi connectivity index (χ0) is 18.0. The van der Waals surface area contributed by atoms with E-state index < -0.39 is 5.91 Å². The molecular formula is C18H17N3O4. The largest absolute Gasteiger partial charge is 0.497 e. The molecule has 2 aromatic heterocycles. The molecule has 0 radical (unpaired) electrons. The van der Waals surface area contributed by atoms with Crippen LogP contribution in [0.5, 0.6) is 5.75 Å². The Hall–Kier alpha value is -3.19. The van der Waals surface area contributed by atoms with Gasteiger partial charge in [0.1, 0.15) is 11.3 Å². The number of anilines is 1. The first-order chi connectivity index (χ1) is 12.0. The molecule has 7 heteroatoms. The molecule has 0 atom stereocenters. The number of nitrogens with one attached hydrogen (secondary N) is 2. The van der Waals surface area contributed by atoms with Crippen LogP contribution in [0, 0.1) is 12.3 Å². The summed E-state index contributed by atoms with van der Waals surface area (Å²) in [5.41, 5.74) is 1.88. The molecule has 7 nitrogen and oxygen atoms in total. The third-order valence-corrected chi connectivity index (χ3v) is 3.83. The third-order valence-electron chi connectivity index (χ3n) is 3.83. The number of aryl methyl sites for hydroxylation is 1. The fourth-order valence-electron chi connectivity index (χ4n) is 2.47. The molecule has 3 aromatic rings. The standard InChI is InChI=1S/C18H17N3O4/c1-10-16-14(11(9-22)8-20-10)7-15(17(19)25-16)18(23)21-12-3-5-13(24-2)6-4-12/h3-8,19,22H,9H2,1-2H3,(H,21,23). The minimum Gasteiger partial charge on any atom is -0.497 e. The number of amides is 1. The van der Waals surface area contributed by atoms with Crippen LogP contribution in [0.25, 0.3) is 11.0 Å². The van der Waals surface area contributed by atoms with E-state index in [2.05, 4.69) is 10.3 Å². The van der Waals surface area contributed by atoms with E-state index in [0.29, 0.717) is 33.7 Å². The Morgan fingerprint density at radius 1 is 1.36 bits per heavy atom. The fourth-order valence-corrected chi connectivity index (χ4v) is 2.47. The Morgan fingerprint density at radius 3 is 2.72 bits per heavy atom. The molecule has 0 saturated heterocycles. The predicted molar refractivity (Wildman–Crippen MR) is 91.5 cm³/mol. The van der Waals surface area contributed by atoms with E-state index in [9.17, 15) is 9.90 Å². The second-order valence-electron chi connectivity index (χ2n) is 5.44. The van der Waals surface area contributed by atoms with Crippen LogP contribution in [0.15, 0.2) is 40.9 Å². The van der Waals surface area contributed by atoms with Gasteiger partial charge in [0.2, 0.25) is 5.55 Å². The van der Waals surface area contributed by atoms with Crippen LogP contribution in [0.3, 0.4) is 0 Å². The van der Waals surface area contributed by atoms with Gasteiger partial charge in [0.25, 0.3) is 5.91 Å². The van der Waals surface area contributed by atoms with Crippen molar-refractivity contribution in [1.82, 2.24) is 4.98 Å². The van der Waals surface area contributed by atoms with Crippen molar-refractivity contribution in [3.8, 4) is 5.75 Å². The van der Waals surface area contributed by atoms with Crippen molar-refractivity contribution in [2.75, 3.05) is 12.4 Å². The smallest absolute Gasteiger partial charge is 0.261 e. The van der Waals surface area contributed by atoms with Crippen molar-refractivity contribution in [2.24, 2.45) is 0 Å². The second-order valence-corrected chi connectivity index (χ2v) is 5.44. The molecule has 1 aromatic carbocycles. The van der Waals surface area contributed by atoms with Crippen LogP contribution in [-0.4, -0.2) is 23.1 Å². The number of methoxy groups -OCH3 is 1. The molecule has 0 bridgehead atoms. The third kappa shape index (κ3) is 3.22. The lowest BCUT2D eigenvalue weighted by atomic mass is 10.1. The van der Waals surface area contributed by atoms with Gasteiger partial charge < -0.3 is 19.6 Å². The Balaban J connectivity index is 2.00. The van der Waals surface area contributed by atoms with E-state index >= 15 is 0 Å². The minimum absolute atomic E-state index is 0.0728. The van der Waals surface area contributed by atoms with Crippen molar-refractivity contribution in [2.45, 2.75) is 13.5 Å². The van der Waals surface area contributed by atoms with Gasteiger partial charge in [-0.15, -0.1) is 0 Å². The summed E-state index contributed by atoms with van der Waals surface area (Å²) in [5, 5.41) is 20.7. The van der Waals surface area contributed by atoms with Crippen LogP contribution in [0.1, 0.15) is 21.6 Å². The van der Waals surface area contributed by atoms with E-state index in [1.54, 1.807) is 44.4 Å². The number of fused-ring (bicyclic) bond motifs is 1. The quantitative estimate of drug-likeness (QED) is 0.676. The summed E-state index contributed by atoms with van der Waals surface area (Å²) in [6.45, 7) is 1.50. The number of ether oxygens (including phenoxy) is 1. The normalized spacial score (nSPS) is 10.7. The SMILES string of the molecule is COc1ccc(NC(=O)c2cc3c(CO)cnc(C)c3oc2=N)cc1. The number of carbonyl (C=O) groups is 1. The Labute approximate surface area is 143 Å². The Kier molecular flexibility index (Phi) is 4.49. The van der Waals surface area contributed by atoms with Gasteiger partial charge in [-0.05, 0) is 37.3 Å². The molecule has 3 rings (SSSR count). The highest BCUT2D eigenvalue weighted by molar-refractivity contribution is 6.05. The number of pyridine rings is 1. The number of hydrogen-bond acceptors (Lipinski definition) is 6. The van der Waals surface area contributed by atoms with E-state index in [4.69, 9.17) is 14.6 Å². The molecular weight excluding hydrogens is 322 g/mol. The average molecular weight is 339 g/mol. The van der Waals surface area contributed by atoms with Gasteiger partial charge >= 0.3 is 0 Å². The molecule has 0 saturated carbocycles. The number of aliphatic hydroxyl groups is 1. The van der Waals surface area contributed by atoms with Gasteiger partial charge in [0.15, 0.2) is 5.58 Å². The first-order valence-electron chi connectivity index (χ1n) is 7.56. The maximum absolute atomic E-state index is 12.5. The fraction of sp³-hybridized carbons (Fsp3) is 0.167. The summed E-state index contributed by atoms with van der Waals surface area (Å²) >= 11 is 0. The first-order valence-corrected chi connectivity index (χ1v) is 7.56. The molecule has 0 fully saturated rings. The Bertz CT molecular complexity index is 994. The molecule has 0 aliphatic carbocycles. The van der Waals surface area contributed by atoms with Crippen molar-refractivity contribution in [1.29, 1.82) is 5.41 Å². The van der Waals surface area contributed by atoms with Crippen molar-refractivity contribution >= 4 is 22.6 Å². The van der Waals surface area contributed by atoms with Crippen LogP contribution in [0.4, 0.5) is 5.69 Å². The zero-order valence-corrected chi connectivity index (χ0v) is 13.8. The summed E-state index contributed by atoms with van der Waals surface area (Å²) in [6, 6.07) is 8.39. The molecule has 0 aliphatic heterocycles. The summed E-state index contributed by atoms with van der Waals surface area (Å²) in [5.74, 6) is 0.203. The van der Waals surface area contributed by atoms with E-state index in [0.717, 1.165) is 0 Å². The summed E-state index contributed by atoms with van der Waals surface area (Å²) in [7, 11) is 1.56. The lowest BCUT2D eigenvalue weighted by Crippen LogP contribution is -2.21. The van der Waals surface area contributed by atoms with Crippen LogP contribution in [0.2, 0.25) is 0 Å². The van der Waals surface area contributed by atoms with Crippen LogP contribution in [-0.2, 0) is 6.61 Å². The number of nitrogens with zero attached hydrogens (tertiary/aromatic N) is 1. The first kappa shape index (κ1) is 16.7. The van der Waals surface area contributed by atoms with Gasteiger partial charge in [0.05, 0.1) is 19.4 Å². The average Bonchev–Trinajstić information content (AvgIpc) is 2.62. The summed E-state index contributed by atoms with van der Waals surface area (Å²) < 4.78 is 10.5. The lowest BCUT2D eigenvalue weighted by molar-refractivity contribution is 0.102. The highest BCUT2D eigenvalue weighted by Gasteiger charge is 2.15. The number of hydrogen-bond donors (Lipinski definition) is 3. The number of aromatic nitrogens is 1. The second kappa shape index (κ2) is 6.74. The molecule has 25 heavy (non-hydrogen) atoms. The maximum Gasteiger partial charge on any atom is 0.261 e. The van der Waals surface area contributed by atoms with E-state index in [1.807, 2.05) is 0 Å². The van der Waals surface area contributed by atoms with Crippen molar-refractivity contribution in [3.63, 3.8) is 0 Å². The number of rotatable bonds is 4. The van der Waals surface area contributed by atoms with E-state index in [-0.39, 0.29) is 17.7 Å². The van der Waals surface area contributed by atoms with Gasteiger partial charge in [-0.2, -0.15) is 0 Å². The van der Waals surface area contributed by atoms with Crippen molar-refractivity contribution in [3.05, 3.63) is 58.9 Å². The monoisotopic (exact) mass is 339 g/mol. The topological polar surface area (TPSA) is 108 Å². The molecule has 0 spiro atoms. The maximum atomic E-state index is 12.5. The molecule has 0 unspecified atom stereocenters. The van der Waals surface area contributed by atoms with Crippen molar-refractivity contribution < 1.29 is 19.1 Å². The zero-order valence-electron chi connectivity index (χ0n) is 13.8. The molecule has 1 amide bonds. The highest BCUT2D eigenvalue weighted by Crippen LogP contribution is 2.21. The minimum atomic E-state index is -0.473. The number of carbonyl (C=O) groups excluding carboxylic acids is 1. The number of benzene rings is 1. The highest BCUT2D eigenvalue weighted by atomic mass is 16.5. The molecule has 128 valence electrons.